The number of nitrogens with zero attached hydrogens (tertiary/aromatic N) is 3. The molecule has 0 spiro atoms. The topological polar surface area (TPSA) is 70.8 Å². The third-order valence-electron chi connectivity index (χ3n) is 4.00. The van der Waals surface area contributed by atoms with Crippen LogP contribution in [-0.2, 0) is 12.8 Å². The van der Waals surface area contributed by atoms with Crippen LogP contribution in [0.2, 0.25) is 0 Å². The summed E-state index contributed by atoms with van der Waals surface area (Å²) in [4.78, 5) is 0. The lowest BCUT2D eigenvalue weighted by molar-refractivity contribution is 0.340. The number of aromatic nitrogens is 2. The largest absolute Gasteiger partial charge is 0.494 e. The van der Waals surface area contributed by atoms with Gasteiger partial charge in [-0.1, -0.05) is 26.0 Å². The molecule has 0 aliphatic carbocycles. The van der Waals surface area contributed by atoms with Gasteiger partial charge in [-0.2, -0.15) is 10.4 Å². The first-order valence-corrected chi connectivity index (χ1v) is 8.42. The number of hydrogen-bond donors (Lipinski definition) is 1. The van der Waals surface area contributed by atoms with E-state index in [-0.39, 0.29) is 6.04 Å². The molecule has 24 heavy (non-hydrogen) atoms. The molecule has 2 aromatic rings. The minimum atomic E-state index is 0.0132. The van der Waals surface area contributed by atoms with Gasteiger partial charge >= 0.3 is 0 Å². The Morgan fingerprint density at radius 3 is 2.38 bits per heavy atom. The van der Waals surface area contributed by atoms with Crippen molar-refractivity contribution in [2.75, 3.05) is 11.9 Å². The molecule has 0 saturated heterocycles. The molecule has 0 aliphatic heterocycles. The van der Waals surface area contributed by atoms with Gasteiger partial charge in [-0.3, -0.25) is 0 Å². The molecule has 0 bridgehead atoms. The van der Waals surface area contributed by atoms with E-state index in [2.05, 4.69) is 21.6 Å². The van der Waals surface area contributed by atoms with Crippen LogP contribution < -0.4 is 10.1 Å². The van der Waals surface area contributed by atoms with Crippen LogP contribution >= 0.6 is 0 Å². The lowest BCUT2D eigenvalue weighted by Gasteiger charge is -2.18. The number of ether oxygens (including phenoxy) is 1. The Labute approximate surface area is 143 Å². The Hall–Kier alpha value is -2.61. The van der Waals surface area contributed by atoms with E-state index in [9.17, 15) is 5.26 Å². The van der Waals surface area contributed by atoms with E-state index in [1.54, 1.807) is 0 Å². The summed E-state index contributed by atoms with van der Waals surface area (Å²) in [7, 11) is 0. The summed E-state index contributed by atoms with van der Waals surface area (Å²) in [6.45, 7) is 8.72. The third-order valence-corrected chi connectivity index (χ3v) is 4.00. The van der Waals surface area contributed by atoms with Gasteiger partial charge in [-0.25, -0.2) is 0 Å². The fourth-order valence-corrected chi connectivity index (χ4v) is 2.70. The van der Waals surface area contributed by atoms with Gasteiger partial charge < -0.3 is 10.1 Å². The molecule has 1 unspecified atom stereocenters. The van der Waals surface area contributed by atoms with E-state index in [1.165, 1.54) is 0 Å². The van der Waals surface area contributed by atoms with Crippen molar-refractivity contribution in [1.29, 1.82) is 5.26 Å². The molecule has 5 nitrogen and oxygen atoms in total. The zero-order chi connectivity index (χ0) is 17.5. The van der Waals surface area contributed by atoms with Crippen LogP contribution in [0.15, 0.2) is 24.3 Å². The summed E-state index contributed by atoms with van der Waals surface area (Å²) in [6.07, 6.45) is 1.55. The highest BCUT2D eigenvalue weighted by Crippen LogP contribution is 2.25. The Morgan fingerprint density at radius 1 is 1.12 bits per heavy atom. The summed E-state index contributed by atoms with van der Waals surface area (Å²) in [5, 5.41) is 21.4. The molecular formula is C19H24N4O. The fraction of sp³-hybridized carbons (Fsp3) is 0.421. The highest BCUT2D eigenvalue weighted by atomic mass is 16.5. The van der Waals surface area contributed by atoms with Gasteiger partial charge in [0, 0.05) is 0 Å². The summed E-state index contributed by atoms with van der Waals surface area (Å²) in [5.74, 6) is 1.40. The van der Waals surface area contributed by atoms with Gasteiger partial charge in [-0.15, -0.1) is 5.10 Å². The van der Waals surface area contributed by atoms with Crippen LogP contribution in [-0.4, -0.2) is 16.8 Å². The second-order valence-electron chi connectivity index (χ2n) is 5.54. The first kappa shape index (κ1) is 17.7. The van der Waals surface area contributed by atoms with Crippen LogP contribution in [0.25, 0.3) is 0 Å². The van der Waals surface area contributed by atoms with Crippen molar-refractivity contribution < 1.29 is 4.74 Å². The molecule has 1 atom stereocenters. The van der Waals surface area contributed by atoms with Gasteiger partial charge in [0.2, 0.25) is 0 Å². The third kappa shape index (κ3) is 3.83. The number of aryl methyl sites for hydroxylation is 1. The maximum absolute atomic E-state index is 9.55. The number of anilines is 1. The molecule has 0 fully saturated rings. The molecule has 0 radical (unpaired) electrons. The fourth-order valence-electron chi connectivity index (χ4n) is 2.70. The minimum absolute atomic E-state index is 0.0132. The van der Waals surface area contributed by atoms with E-state index < -0.39 is 0 Å². The molecule has 0 aliphatic rings. The molecule has 0 saturated carbocycles. The zero-order valence-corrected chi connectivity index (χ0v) is 14.8. The number of benzene rings is 1. The molecule has 0 amide bonds. The van der Waals surface area contributed by atoms with Crippen LogP contribution in [0.1, 0.15) is 56.1 Å². The lowest BCUT2D eigenvalue weighted by Crippen LogP contribution is -2.13. The van der Waals surface area contributed by atoms with Crippen LogP contribution in [0.3, 0.4) is 0 Å². The van der Waals surface area contributed by atoms with Gasteiger partial charge in [0.25, 0.3) is 0 Å². The second-order valence-corrected chi connectivity index (χ2v) is 5.54. The standard InChI is InChI=1S/C19H24N4O/c1-5-16-17(12-20)19(23-22-18(16)6-2)21-13(4)14-8-10-15(11-9-14)24-7-3/h8-11,13H,5-7H2,1-4H3,(H,21,23). The SMILES string of the molecule is CCOc1ccc(C(C)Nc2nnc(CC)c(CC)c2C#N)cc1. The quantitative estimate of drug-likeness (QED) is 0.832. The number of hydrogen-bond acceptors (Lipinski definition) is 5. The highest BCUT2D eigenvalue weighted by Gasteiger charge is 2.16. The predicted molar refractivity (Wildman–Crippen MR) is 95.2 cm³/mol. The van der Waals surface area contributed by atoms with Gasteiger partial charge in [0.05, 0.1) is 18.3 Å². The number of nitriles is 1. The van der Waals surface area contributed by atoms with Crippen molar-refractivity contribution in [3.8, 4) is 11.8 Å². The molecule has 1 N–H and O–H groups in total. The minimum Gasteiger partial charge on any atom is -0.494 e. The van der Waals surface area contributed by atoms with Gasteiger partial charge in [0.15, 0.2) is 5.82 Å². The summed E-state index contributed by atoms with van der Waals surface area (Å²) < 4.78 is 5.47. The Morgan fingerprint density at radius 2 is 1.83 bits per heavy atom. The zero-order valence-electron chi connectivity index (χ0n) is 14.8. The summed E-state index contributed by atoms with van der Waals surface area (Å²) in [6, 6.07) is 10.2. The lowest BCUT2D eigenvalue weighted by atomic mass is 10.0. The van der Waals surface area contributed by atoms with Crippen LogP contribution in [0.4, 0.5) is 5.82 Å². The molecule has 1 aromatic heterocycles. The molecule has 1 heterocycles. The number of nitrogens with one attached hydrogen (secondary N) is 1. The molecule has 2 rings (SSSR count). The van der Waals surface area contributed by atoms with Crippen molar-refractivity contribution in [2.24, 2.45) is 0 Å². The summed E-state index contributed by atoms with van der Waals surface area (Å²) >= 11 is 0. The van der Waals surface area contributed by atoms with Crippen LogP contribution in [0, 0.1) is 11.3 Å². The molecule has 1 aromatic carbocycles. The van der Waals surface area contributed by atoms with Crippen molar-refractivity contribution >= 4 is 5.82 Å². The van der Waals surface area contributed by atoms with Crippen molar-refractivity contribution in [3.63, 3.8) is 0 Å². The number of rotatable bonds is 7. The Bertz CT molecular complexity index is 719. The molecule has 5 heteroatoms. The maximum atomic E-state index is 9.55. The normalized spacial score (nSPS) is 11.6. The smallest absolute Gasteiger partial charge is 0.167 e. The Balaban J connectivity index is 2.25. The Kier molecular flexibility index (Phi) is 6.14. The van der Waals surface area contributed by atoms with E-state index >= 15 is 0 Å². The predicted octanol–water partition coefficient (Wildman–Crippen LogP) is 4.04. The highest BCUT2D eigenvalue weighted by molar-refractivity contribution is 5.57. The summed E-state index contributed by atoms with van der Waals surface area (Å²) in [5.41, 5.74) is 3.58. The van der Waals surface area contributed by atoms with Crippen molar-refractivity contribution in [2.45, 2.75) is 46.6 Å². The second kappa shape index (κ2) is 8.30. The van der Waals surface area contributed by atoms with E-state index in [0.717, 1.165) is 35.4 Å². The van der Waals surface area contributed by atoms with Gasteiger partial charge in [0.1, 0.15) is 17.4 Å². The van der Waals surface area contributed by atoms with E-state index in [0.29, 0.717) is 18.0 Å². The van der Waals surface area contributed by atoms with Crippen molar-refractivity contribution in [1.82, 2.24) is 10.2 Å². The molecule has 126 valence electrons. The average Bonchev–Trinajstić information content (AvgIpc) is 2.61. The van der Waals surface area contributed by atoms with E-state index in [1.807, 2.05) is 52.0 Å². The van der Waals surface area contributed by atoms with Crippen molar-refractivity contribution in [3.05, 3.63) is 46.6 Å². The maximum Gasteiger partial charge on any atom is 0.167 e. The average molecular weight is 324 g/mol. The van der Waals surface area contributed by atoms with Gasteiger partial charge in [-0.05, 0) is 49.9 Å². The first-order chi connectivity index (χ1) is 11.6. The first-order valence-electron chi connectivity index (χ1n) is 8.42. The molecular weight excluding hydrogens is 300 g/mol. The van der Waals surface area contributed by atoms with E-state index in [4.69, 9.17) is 4.74 Å². The monoisotopic (exact) mass is 324 g/mol. The van der Waals surface area contributed by atoms with Crippen LogP contribution in [0.5, 0.6) is 5.75 Å².